The first-order valence-electron chi connectivity index (χ1n) is 9.18. The molecule has 2 aromatic carbocycles. The van der Waals surface area contributed by atoms with Crippen LogP contribution in [0.3, 0.4) is 0 Å². The standard InChI is InChI=1S/C19H17Cl2F3N4O2S/c20-13-3-4-15(14(21)11-13)25-18(31)27-7-1-6-26(8-9-27)16-5-2-12(19(22,23)24)10-17(16)28(29)30/h2-5,10-11H,1,6-9H2,(H,25,31). The van der Waals surface area contributed by atoms with Crippen molar-refractivity contribution in [2.24, 2.45) is 0 Å². The summed E-state index contributed by atoms with van der Waals surface area (Å²) in [5.74, 6) is 0. The molecule has 31 heavy (non-hydrogen) atoms. The molecular formula is C19H17Cl2F3N4O2S. The van der Waals surface area contributed by atoms with Crippen molar-refractivity contribution in [2.45, 2.75) is 12.6 Å². The molecule has 1 saturated heterocycles. The van der Waals surface area contributed by atoms with Crippen LogP contribution in [0, 0.1) is 10.1 Å². The van der Waals surface area contributed by atoms with Crippen LogP contribution < -0.4 is 10.2 Å². The second kappa shape index (κ2) is 9.46. The fourth-order valence-corrected chi connectivity index (χ4v) is 4.01. The monoisotopic (exact) mass is 492 g/mol. The average molecular weight is 493 g/mol. The SMILES string of the molecule is O=[N+]([O-])c1cc(C(F)(F)F)ccc1N1CCCN(C(=S)Nc2ccc(Cl)cc2Cl)CC1. The maximum Gasteiger partial charge on any atom is 0.416 e. The van der Waals surface area contributed by atoms with E-state index < -0.39 is 22.4 Å². The first-order chi connectivity index (χ1) is 14.6. The molecule has 1 fully saturated rings. The number of nitrogens with zero attached hydrogens (tertiary/aromatic N) is 3. The van der Waals surface area contributed by atoms with Gasteiger partial charge in [0.05, 0.1) is 21.2 Å². The molecule has 3 rings (SSSR count). The number of thiocarbonyl (C=S) groups is 1. The Labute approximate surface area is 191 Å². The normalized spacial score (nSPS) is 14.9. The van der Waals surface area contributed by atoms with E-state index in [0.717, 1.165) is 12.1 Å². The Bertz CT molecular complexity index is 1010. The number of nitro benzene ring substituents is 1. The van der Waals surface area contributed by atoms with Gasteiger partial charge in [0.1, 0.15) is 5.69 Å². The lowest BCUT2D eigenvalue weighted by molar-refractivity contribution is -0.384. The number of alkyl halides is 3. The van der Waals surface area contributed by atoms with Crippen LogP contribution in [-0.4, -0.2) is 41.1 Å². The number of nitro groups is 1. The molecule has 0 radical (unpaired) electrons. The van der Waals surface area contributed by atoms with Gasteiger partial charge in [0, 0.05) is 37.3 Å². The van der Waals surface area contributed by atoms with Gasteiger partial charge in [0.25, 0.3) is 5.69 Å². The van der Waals surface area contributed by atoms with Gasteiger partial charge in [0.15, 0.2) is 5.11 Å². The van der Waals surface area contributed by atoms with E-state index in [9.17, 15) is 23.3 Å². The topological polar surface area (TPSA) is 61.7 Å². The Kier molecular flexibility index (Phi) is 7.13. The lowest BCUT2D eigenvalue weighted by atomic mass is 10.1. The maximum atomic E-state index is 13.0. The molecule has 1 heterocycles. The van der Waals surface area contributed by atoms with Crippen molar-refractivity contribution >= 4 is 57.6 Å². The summed E-state index contributed by atoms with van der Waals surface area (Å²) in [5, 5.41) is 15.8. The summed E-state index contributed by atoms with van der Waals surface area (Å²) < 4.78 is 38.9. The fourth-order valence-electron chi connectivity index (χ4n) is 3.26. The van der Waals surface area contributed by atoms with E-state index >= 15 is 0 Å². The summed E-state index contributed by atoms with van der Waals surface area (Å²) in [6, 6.07) is 7.55. The van der Waals surface area contributed by atoms with Gasteiger partial charge in [-0.3, -0.25) is 10.1 Å². The first-order valence-corrected chi connectivity index (χ1v) is 10.3. The van der Waals surface area contributed by atoms with E-state index in [4.69, 9.17) is 35.4 Å². The number of benzene rings is 2. The Balaban J connectivity index is 1.74. The summed E-state index contributed by atoms with van der Waals surface area (Å²) >= 11 is 17.5. The number of hydrogen-bond donors (Lipinski definition) is 1. The van der Waals surface area contributed by atoms with Crippen LogP contribution in [0.5, 0.6) is 0 Å². The van der Waals surface area contributed by atoms with Crippen molar-refractivity contribution in [1.82, 2.24) is 4.90 Å². The molecule has 0 aromatic heterocycles. The van der Waals surface area contributed by atoms with Gasteiger partial charge < -0.3 is 15.1 Å². The zero-order valence-corrected chi connectivity index (χ0v) is 18.3. The zero-order chi connectivity index (χ0) is 22.8. The van der Waals surface area contributed by atoms with Crippen LogP contribution in [0.4, 0.5) is 30.2 Å². The van der Waals surface area contributed by atoms with Gasteiger partial charge in [0.2, 0.25) is 0 Å². The third-order valence-corrected chi connectivity index (χ3v) is 5.70. The third-order valence-electron chi connectivity index (χ3n) is 4.80. The fraction of sp³-hybridized carbons (Fsp3) is 0.316. The van der Waals surface area contributed by atoms with Crippen LogP contribution in [0.15, 0.2) is 36.4 Å². The van der Waals surface area contributed by atoms with Crippen molar-refractivity contribution in [3.63, 3.8) is 0 Å². The summed E-state index contributed by atoms with van der Waals surface area (Å²) in [7, 11) is 0. The number of hydrogen-bond acceptors (Lipinski definition) is 4. The highest BCUT2D eigenvalue weighted by Gasteiger charge is 2.34. The molecule has 0 atom stereocenters. The zero-order valence-electron chi connectivity index (χ0n) is 16.0. The highest BCUT2D eigenvalue weighted by molar-refractivity contribution is 7.80. The van der Waals surface area contributed by atoms with Crippen LogP contribution in [0.1, 0.15) is 12.0 Å². The number of anilines is 2. The molecule has 0 unspecified atom stereocenters. The van der Waals surface area contributed by atoms with E-state index in [1.807, 2.05) is 4.90 Å². The van der Waals surface area contributed by atoms with Crippen LogP contribution in [-0.2, 0) is 6.18 Å². The molecule has 1 N–H and O–H groups in total. The first kappa shape index (κ1) is 23.4. The van der Waals surface area contributed by atoms with Gasteiger partial charge >= 0.3 is 6.18 Å². The Morgan fingerprint density at radius 1 is 1.10 bits per heavy atom. The lowest BCUT2D eigenvalue weighted by Crippen LogP contribution is -2.38. The molecular weight excluding hydrogens is 476 g/mol. The van der Waals surface area contributed by atoms with E-state index in [1.165, 1.54) is 0 Å². The number of rotatable bonds is 3. The van der Waals surface area contributed by atoms with Gasteiger partial charge in [-0.25, -0.2) is 0 Å². The molecule has 2 aromatic rings. The maximum absolute atomic E-state index is 13.0. The predicted octanol–water partition coefficient (Wildman–Crippen LogP) is 5.83. The summed E-state index contributed by atoms with van der Waals surface area (Å²) in [6.07, 6.45) is -4.05. The van der Waals surface area contributed by atoms with E-state index in [0.29, 0.717) is 59.5 Å². The smallest absolute Gasteiger partial charge is 0.364 e. The van der Waals surface area contributed by atoms with Crippen molar-refractivity contribution < 1.29 is 18.1 Å². The number of halogens is 5. The Morgan fingerprint density at radius 3 is 2.48 bits per heavy atom. The van der Waals surface area contributed by atoms with Crippen LogP contribution >= 0.6 is 35.4 Å². The van der Waals surface area contributed by atoms with Gasteiger partial charge in [-0.2, -0.15) is 13.2 Å². The minimum absolute atomic E-state index is 0.152. The van der Waals surface area contributed by atoms with Crippen molar-refractivity contribution in [1.29, 1.82) is 0 Å². The molecule has 0 saturated carbocycles. The van der Waals surface area contributed by atoms with Crippen molar-refractivity contribution in [2.75, 3.05) is 36.4 Å². The number of nitrogens with one attached hydrogen (secondary N) is 1. The van der Waals surface area contributed by atoms with Crippen LogP contribution in [0.2, 0.25) is 10.0 Å². The van der Waals surface area contributed by atoms with Crippen LogP contribution in [0.25, 0.3) is 0 Å². The van der Waals surface area contributed by atoms with E-state index in [-0.39, 0.29) is 5.69 Å². The summed E-state index contributed by atoms with van der Waals surface area (Å²) in [6.45, 7) is 1.78. The lowest BCUT2D eigenvalue weighted by Gasteiger charge is -2.25. The van der Waals surface area contributed by atoms with Gasteiger partial charge in [-0.15, -0.1) is 0 Å². The molecule has 166 valence electrons. The van der Waals surface area contributed by atoms with Crippen molar-refractivity contribution in [3.05, 3.63) is 62.1 Å². The van der Waals surface area contributed by atoms with Gasteiger partial charge in [-0.05, 0) is 49.0 Å². The molecule has 6 nitrogen and oxygen atoms in total. The Hall–Kier alpha value is -2.30. The Morgan fingerprint density at radius 2 is 1.84 bits per heavy atom. The van der Waals surface area contributed by atoms with Crippen molar-refractivity contribution in [3.8, 4) is 0 Å². The summed E-state index contributed by atoms with van der Waals surface area (Å²) in [5.41, 5.74) is -0.878. The minimum Gasteiger partial charge on any atom is -0.364 e. The van der Waals surface area contributed by atoms with E-state index in [1.54, 1.807) is 23.1 Å². The molecule has 1 aliphatic rings. The van der Waals surface area contributed by atoms with Gasteiger partial charge in [-0.1, -0.05) is 23.2 Å². The summed E-state index contributed by atoms with van der Waals surface area (Å²) in [4.78, 5) is 14.2. The highest BCUT2D eigenvalue weighted by atomic mass is 35.5. The molecule has 12 heteroatoms. The van der Waals surface area contributed by atoms with E-state index in [2.05, 4.69) is 5.32 Å². The average Bonchev–Trinajstić information content (AvgIpc) is 2.95. The third kappa shape index (κ3) is 5.69. The molecule has 1 aliphatic heterocycles. The molecule has 0 spiro atoms. The highest BCUT2D eigenvalue weighted by Crippen LogP contribution is 2.37. The second-order valence-corrected chi connectivity index (χ2v) is 8.07. The minimum atomic E-state index is -4.65. The molecule has 0 aliphatic carbocycles. The second-order valence-electron chi connectivity index (χ2n) is 6.84. The molecule has 0 bridgehead atoms. The quantitative estimate of drug-likeness (QED) is 0.330. The largest absolute Gasteiger partial charge is 0.416 e. The molecule has 0 amide bonds. The predicted molar refractivity (Wildman–Crippen MR) is 119 cm³/mol.